The summed E-state index contributed by atoms with van der Waals surface area (Å²) in [4.78, 5) is 17.3. The normalized spacial score (nSPS) is 24.3. The summed E-state index contributed by atoms with van der Waals surface area (Å²) in [6.07, 6.45) is 1.47. The molecule has 1 aliphatic heterocycles. The van der Waals surface area contributed by atoms with Gasteiger partial charge in [0.2, 0.25) is 5.91 Å². The van der Waals surface area contributed by atoms with Gasteiger partial charge in [-0.15, -0.1) is 11.3 Å². The second kappa shape index (κ2) is 3.67. The third-order valence-electron chi connectivity index (χ3n) is 2.41. The minimum absolute atomic E-state index is 0.0141. The van der Waals surface area contributed by atoms with E-state index in [1.54, 1.807) is 11.1 Å². The van der Waals surface area contributed by atoms with E-state index in [9.17, 15) is 9.90 Å². The highest BCUT2D eigenvalue weighted by Crippen LogP contribution is 2.26. The van der Waals surface area contributed by atoms with Crippen molar-refractivity contribution in [3.05, 3.63) is 16.6 Å². The molecule has 1 aliphatic rings. The number of likely N-dealkylation sites (tertiary alicyclic amines) is 1. The van der Waals surface area contributed by atoms with Gasteiger partial charge in [0.1, 0.15) is 5.01 Å². The molecule has 1 saturated heterocycles. The van der Waals surface area contributed by atoms with Gasteiger partial charge < -0.3 is 10.0 Å². The van der Waals surface area contributed by atoms with Gasteiger partial charge in [0.15, 0.2) is 0 Å². The molecule has 1 N–H and O–H groups in total. The molecule has 76 valence electrons. The first kappa shape index (κ1) is 9.61. The minimum atomic E-state index is -0.509. The van der Waals surface area contributed by atoms with Crippen LogP contribution in [0.2, 0.25) is 0 Å². The van der Waals surface area contributed by atoms with E-state index in [0.29, 0.717) is 6.54 Å². The van der Waals surface area contributed by atoms with E-state index in [4.69, 9.17) is 0 Å². The van der Waals surface area contributed by atoms with E-state index in [0.717, 1.165) is 5.01 Å². The van der Waals surface area contributed by atoms with E-state index in [2.05, 4.69) is 4.98 Å². The Bertz CT molecular complexity index is 326. The number of rotatable bonds is 2. The smallest absolute Gasteiger partial charge is 0.225 e. The number of aromatic nitrogens is 1. The van der Waals surface area contributed by atoms with Crippen LogP contribution in [0.5, 0.6) is 0 Å². The Morgan fingerprint density at radius 2 is 2.57 bits per heavy atom. The topological polar surface area (TPSA) is 53.4 Å². The first-order valence-corrected chi connectivity index (χ1v) is 5.43. The Kier molecular flexibility index (Phi) is 2.52. The van der Waals surface area contributed by atoms with Crippen molar-refractivity contribution in [2.24, 2.45) is 0 Å². The van der Waals surface area contributed by atoms with Gasteiger partial charge in [0.25, 0.3) is 0 Å². The van der Waals surface area contributed by atoms with Gasteiger partial charge in [-0.1, -0.05) is 0 Å². The third kappa shape index (κ3) is 1.65. The van der Waals surface area contributed by atoms with Crippen LogP contribution in [0.1, 0.15) is 24.4 Å². The number of carbonyl (C=O) groups is 1. The van der Waals surface area contributed by atoms with Crippen LogP contribution in [0.15, 0.2) is 11.6 Å². The highest BCUT2D eigenvalue weighted by molar-refractivity contribution is 7.09. The van der Waals surface area contributed by atoms with E-state index >= 15 is 0 Å². The third-order valence-corrected chi connectivity index (χ3v) is 3.36. The molecule has 4 nitrogen and oxygen atoms in total. The van der Waals surface area contributed by atoms with Crippen LogP contribution in [0.3, 0.4) is 0 Å². The molecule has 0 radical (unpaired) electrons. The number of amides is 1. The van der Waals surface area contributed by atoms with Crippen molar-refractivity contribution in [2.75, 3.05) is 6.54 Å². The molecule has 0 saturated carbocycles. The van der Waals surface area contributed by atoms with Gasteiger partial charge in [0, 0.05) is 18.1 Å². The van der Waals surface area contributed by atoms with Gasteiger partial charge in [-0.3, -0.25) is 4.79 Å². The summed E-state index contributed by atoms with van der Waals surface area (Å²) in [5.41, 5.74) is 0. The summed E-state index contributed by atoms with van der Waals surface area (Å²) in [6, 6.07) is -0.0142. The molecule has 5 heteroatoms. The first-order chi connectivity index (χ1) is 6.68. The maximum atomic E-state index is 11.5. The van der Waals surface area contributed by atoms with Gasteiger partial charge >= 0.3 is 0 Å². The lowest BCUT2D eigenvalue weighted by Crippen LogP contribution is -2.28. The predicted octanol–water partition coefficient (Wildman–Crippen LogP) is 0.797. The molecule has 2 heterocycles. The van der Waals surface area contributed by atoms with E-state index in [1.165, 1.54) is 11.3 Å². The summed E-state index contributed by atoms with van der Waals surface area (Å²) in [7, 11) is 0. The summed E-state index contributed by atoms with van der Waals surface area (Å²) < 4.78 is 0. The van der Waals surface area contributed by atoms with Crippen molar-refractivity contribution in [3.63, 3.8) is 0 Å². The highest BCUT2D eigenvalue weighted by Gasteiger charge is 2.32. The number of thiazole rings is 1. The number of hydrogen-bond acceptors (Lipinski definition) is 4. The van der Waals surface area contributed by atoms with Crippen LogP contribution >= 0.6 is 11.3 Å². The lowest BCUT2D eigenvalue weighted by atomic mass is 10.3. The van der Waals surface area contributed by atoms with Crippen LogP contribution in [0.25, 0.3) is 0 Å². The predicted molar refractivity (Wildman–Crippen MR) is 52.9 cm³/mol. The van der Waals surface area contributed by atoms with Crippen LogP contribution in [0.4, 0.5) is 0 Å². The summed E-state index contributed by atoms with van der Waals surface area (Å²) in [6.45, 7) is 2.37. The molecule has 2 atom stereocenters. The van der Waals surface area contributed by atoms with Crippen LogP contribution in [-0.2, 0) is 4.79 Å². The molecular weight excluding hydrogens is 200 g/mol. The monoisotopic (exact) mass is 212 g/mol. The number of aliphatic hydroxyl groups is 1. The Morgan fingerprint density at radius 3 is 3.07 bits per heavy atom. The van der Waals surface area contributed by atoms with Crippen molar-refractivity contribution >= 4 is 17.2 Å². The van der Waals surface area contributed by atoms with E-state index in [1.807, 2.05) is 12.3 Å². The average Bonchev–Trinajstić information content (AvgIpc) is 2.73. The lowest BCUT2D eigenvalue weighted by molar-refractivity contribution is -0.129. The quantitative estimate of drug-likeness (QED) is 0.788. The molecule has 1 aromatic rings. The van der Waals surface area contributed by atoms with Crippen LogP contribution in [0, 0.1) is 0 Å². The largest absolute Gasteiger partial charge is 0.391 e. The Morgan fingerprint density at radius 1 is 1.79 bits per heavy atom. The van der Waals surface area contributed by atoms with Crippen molar-refractivity contribution in [2.45, 2.75) is 25.5 Å². The van der Waals surface area contributed by atoms with E-state index < -0.39 is 6.10 Å². The molecule has 0 aromatic carbocycles. The second-order valence-corrected chi connectivity index (χ2v) is 4.38. The lowest BCUT2D eigenvalue weighted by Gasteiger charge is -2.22. The minimum Gasteiger partial charge on any atom is -0.391 e. The maximum Gasteiger partial charge on any atom is 0.225 e. The zero-order valence-electron chi connectivity index (χ0n) is 7.88. The van der Waals surface area contributed by atoms with Crippen molar-refractivity contribution in [1.29, 1.82) is 0 Å². The zero-order chi connectivity index (χ0) is 10.1. The van der Waals surface area contributed by atoms with E-state index in [-0.39, 0.29) is 18.4 Å². The molecule has 14 heavy (non-hydrogen) atoms. The molecular formula is C9H12N2O2S. The Hall–Kier alpha value is -0.940. The molecule has 2 unspecified atom stereocenters. The average molecular weight is 212 g/mol. The van der Waals surface area contributed by atoms with Crippen LogP contribution < -0.4 is 0 Å². The Balaban J connectivity index is 2.12. The van der Waals surface area contributed by atoms with Gasteiger partial charge in [0.05, 0.1) is 18.6 Å². The molecule has 0 bridgehead atoms. The molecule has 0 aliphatic carbocycles. The number of aliphatic hydroxyl groups excluding tert-OH is 1. The van der Waals surface area contributed by atoms with Gasteiger partial charge in [-0.2, -0.15) is 0 Å². The molecule has 1 aromatic heterocycles. The van der Waals surface area contributed by atoms with Crippen molar-refractivity contribution < 1.29 is 9.90 Å². The maximum absolute atomic E-state index is 11.5. The molecule has 2 rings (SSSR count). The Labute approximate surface area is 86.2 Å². The standard InChI is InChI=1S/C9H12N2O2S/c1-6(9-10-2-3-14-9)11-5-7(12)4-8(11)13/h2-3,6-7,12H,4-5H2,1H3. The van der Waals surface area contributed by atoms with Crippen molar-refractivity contribution in [3.8, 4) is 0 Å². The zero-order valence-corrected chi connectivity index (χ0v) is 8.70. The van der Waals surface area contributed by atoms with Gasteiger partial charge in [-0.25, -0.2) is 4.98 Å². The number of β-amino-alcohol motifs (C(OH)–C–C–N with tert-alkyl or cyclic N) is 1. The molecule has 1 fully saturated rings. The number of carbonyl (C=O) groups excluding carboxylic acids is 1. The molecule has 1 amide bonds. The first-order valence-electron chi connectivity index (χ1n) is 4.55. The summed E-state index contributed by atoms with van der Waals surface area (Å²) in [5, 5.41) is 12.2. The summed E-state index contributed by atoms with van der Waals surface area (Å²) in [5.74, 6) is 0.0141. The number of hydrogen-bond donors (Lipinski definition) is 1. The van der Waals surface area contributed by atoms with Crippen LogP contribution in [-0.4, -0.2) is 33.5 Å². The summed E-state index contributed by atoms with van der Waals surface area (Å²) >= 11 is 1.53. The highest BCUT2D eigenvalue weighted by atomic mass is 32.1. The van der Waals surface area contributed by atoms with Gasteiger partial charge in [-0.05, 0) is 6.92 Å². The SMILES string of the molecule is CC(c1nccs1)N1CC(O)CC1=O. The second-order valence-electron chi connectivity index (χ2n) is 3.45. The fourth-order valence-electron chi connectivity index (χ4n) is 1.66. The number of nitrogens with zero attached hydrogens (tertiary/aromatic N) is 2. The molecule has 0 spiro atoms. The fraction of sp³-hybridized carbons (Fsp3) is 0.556. The fourth-order valence-corrected chi connectivity index (χ4v) is 2.37. The van der Waals surface area contributed by atoms with Crippen molar-refractivity contribution in [1.82, 2.24) is 9.88 Å².